The smallest absolute Gasteiger partial charge is 0.251 e. The molecule has 0 saturated carbocycles. The van der Waals surface area contributed by atoms with Gasteiger partial charge in [-0.15, -0.1) is 0 Å². The fourth-order valence-electron chi connectivity index (χ4n) is 3.13. The van der Waals surface area contributed by atoms with Gasteiger partial charge in [0.05, 0.1) is 14.2 Å². The lowest BCUT2D eigenvalue weighted by Gasteiger charge is -2.15. The van der Waals surface area contributed by atoms with Crippen molar-refractivity contribution in [1.29, 1.82) is 0 Å². The highest BCUT2D eigenvalue weighted by Gasteiger charge is 2.22. The number of ether oxygens (including phenoxy) is 2. The van der Waals surface area contributed by atoms with Gasteiger partial charge in [-0.25, -0.2) is 4.39 Å². The Morgan fingerprint density at radius 3 is 2.47 bits per heavy atom. The zero-order chi connectivity index (χ0) is 21.7. The van der Waals surface area contributed by atoms with Crippen LogP contribution in [0.4, 0.5) is 10.1 Å². The first-order chi connectivity index (χ1) is 14.4. The minimum absolute atomic E-state index is 0.183. The largest absolute Gasteiger partial charge is 0.497 e. The van der Waals surface area contributed by atoms with Gasteiger partial charge in [0.1, 0.15) is 22.9 Å². The number of benzene rings is 3. The summed E-state index contributed by atoms with van der Waals surface area (Å²) in [5, 5.41) is 9.15. The number of rotatable bonds is 7. The topological polar surface area (TPSA) is 99.2 Å². The number of hydrogen-bond donors (Lipinski definition) is 3. The minimum atomic E-state index is -0.408. The van der Waals surface area contributed by atoms with E-state index in [2.05, 4.69) is 5.32 Å². The number of methoxy groups -OCH3 is 2. The van der Waals surface area contributed by atoms with E-state index in [4.69, 9.17) is 20.6 Å². The van der Waals surface area contributed by atoms with E-state index in [1.807, 2.05) is 0 Å². The van der Waals surface area contributed by atoms with Gasteiger partial charge in [-0.2, -0.15) is 0 Å². The van der Waals surface area contributed by atoms with Crippen LogP contribution in [0.25, 0.3) is 0 Å². The predicted octanol–water partition coefficient (Wildman–Crippen LogP) is 1.95. The molecule has 0 aromatic heterocycles. The van der Waals surface area contributed by atoms with Crippen LogP contribution in [0, 0.1) is 5.82 Å². The van der Waals surface area contributed by atoms with Crippen molar-refractivity contribution in [2.45, 2.75) is 6.54 Å². The van der Waals surface area contributed by atoms with Crippen molar-refractivity contribution in [3.8, 4) is 11.5 Å². The molecule has 0 heterocycles. The third kappa shape index (κ3) is 4.41. The molecule has 30 heavy (non-hydrogen) atoms. The summed E-state index contributed by atoms with van der Waals surface area (Å²) < 4.78 is 24.4. The molecule has 3 aromatic carbocycles. The fourth-order valence-corrected chi connectivity index (χ4v) is 3.13. The maximum Gasteiger partial charge on any atom is 0.251 e. The lowest BCUT2D eigenvalue weighted by Crippen LogP contribution is -2.41. The number of nitrogens with two attached hydrogens (primary N) is 2. The summed E-state index contributed by atoms with van der Waals surface area (Å²) in [7, 11) is 3.03. The van der Waals surface area contributed by atoms with Crippen molar-refractivity contribution in [2.24, 2.45) is 0 Å². The Bertz CT molecular complexity index is 1100. The SMILES string of the molecule is COc1cccc(C(=O)NCc2ccc(N)c(C(=[NH2+])c3cccc(F)c3)c2OC)c1. The maximum atomic E-state index is 13.6. The molecule has 5 N–H and O–H groups in total. The number of hydrogen-bond acceptors (Lipinski definition) is 4. The number of halogens is 1. The molecule has 0 unspecified atom stereocenters. The van der Waals surface area contributed by atoms with Crippen LogP contribution >= 0.6 is 0 Å². The molecule has 0 fully saturated rings. The maximum absolute atomic E-state index is 13.6. The lowest BCUT2D eigenvalue weighted by atomic mass is 9.97. The van der Waals surface area contributed by atoms with Gasteiger partial charge in [0.15, 0.2) is 0 Å². The Morgan fingerprint density at radius 2 is 1.77 bits per heavy atom. The molecule has 0 aliphatic heterocycles. The molecular formula is C23H23FN3O3+. The van der Waals surface area contributed by atoms with Crippen molar-refractivity contribution in [2.75, 3.05) is 20.0 Å². The van der Waals surface area contributed by atoms with Gasteiger partial charge in [0.2, 0.25) is 5.71 Å². The summed E-state index contributed by atoms with van der Waals surface area (Å²) in [6.07, 6.45) is 0. The van der Waals surface area contributed by atoms with E-state index in [-0.39, 0.29) is 18.2 Å². The van der Waals surface area contributed by atoms with Crippen LogP contribution in [0.15, 0.2) is 60.7 Å². The molecule has 154 valence electrons. The molecule has 1 amide bonds. The second-order valence-electron chi connectivity index (χ2n) is 6.56. The standard InChI is InChI=1S/C23H22FN3O3/c1-29-18-8-4-6-15(12-18)23(28)27-13-16-9-10-19(25)20(22(16)30-2)21(26)14-5-3-7-17(24)11-14/h3-12,26H,13,25H2,1-2H3,(H,27,28)/p+1. The zero-order valence-electron chi connectivity index (χ0n) is 16.7. The molecule has 3 rings (SSSR count). The lowest BCUT2D eigenvalue weighted by molar-refractivity contribution is -0.111. The van der Waals surface area contributed by atoms with Crippen LogP contribution in [0.3, 0.4) is 0 Å². The summed E-state index contributed by atoms with van der Waals surface area (Å²) in [5.41, 5.74) is 8.90. The molecule has 0 aliphatic carbocycles. The van der Waals surface area contributed by atoms with E-state index in [1.165, 1.54) is 26.4 Å². The first kappa shape index (κ1) is 20.9. The summed E-state index contributed by atoms with van der Waals surface area (Å²) in [6, 6.07) is 16.2. The molecular weight excluding hydrogens is 385 g/mol. The highest BCUT2D eigenvalue weighted by molar-refractivity contribution is 6.14. The molecule has 3 aromatic rings. The van der Waals surface area contributed by atoms with E-state index in [0.717, 1.165) is 0 Å². The highest BCUT2D eigenvalue weighted by atomic mass is 19.1. The summed E-state index contributed by atoms with van der Waals surface area (Å²) in [5.74, 6) is 0.335. The van der Waals surface area contributed by atoms with Crippen LogP contribution in [-0.4, -0.2) is 25.8 Å². The van der Waals surface area contributed by atoms with Crippen molar-refractivity contribution >= 4 is 17.3 Å². The number of anilines is 1. The van der Waals surface area contributed by atoms with Crippen molar-refractivity contribution in [3.05, 3.63) is 88.7 Å². The monoisotopic (exact) mass is 408 g/mol. The highest BCUT2D eigenvalue weighted by Crippen LogP contribution is 2.30. The Morgan fingerprint density at radius 1 is 1.03 bits per heavy atom. The summed E-state index contributed by atoms with van der Waals surface area (Å²) in [4.78, 5) is 12.5. The van der Waals surface area contributed by atoms with E-state index in [1.54, 1.807) is 48.5 Å². The van der Waals surface area contributed by atoms with Gasteiger partial charge in [0, 0.05) is 28.9 Å². The number of carbonyl (C=O) groups excluding carboxylic acids is 1. The van der Waals surface area contributed by atoms with E-state index in [9.17, 15) is 9.18 Å². The van der Waals surface area contributed by atoms with Gasteiger partial charge < -0.3 is 20.5 Å². The fraction of sp³-hybridized carbons (Fsp3) is 0.130. The average molecular weight is 408 g/mol. The molecule has 6 nitrogen and oxygen atoms in total. The van der Waals surface area contributed by atoms with Crippen LogP contribution in [0.1, 0.15) is 27.0 Å². The molecule has 0 aliphatic rings. The third-order valence-corrected chi connectivity index (χ3v) is 4.65. The molecule has 0 saturated heterocycles. The van der Waals surface area contributed by atoms with Gasteiger partial charge in [0.25, 0.3) is 5.91 Å². The Kier molecular flexibility index (Phi) is 6.32. The first-order valence-corrected chi connectivity index (χ1v) is 9.21. The van der Waals surface area contributed by atoms with Crippen LogP contribution in [0.2, 0.25) is 0 Å². The molecule has 0 atom stereocenters. The van der Waals surface area contributed by atoms with Crippen molar-refractivity contribution < 1.29 is 24.1 Å². The summed E-state index contributed by atoms with van der Waals surface area (Å²) in [6.45, 7) is 0.183. The number of nitrogen functional groups attached to an aromatic ring is 1. The predicted molar refractivity (Wildman–Crippen MR) is 113 cm³/mol. The Balaban J connectivity index is 1.88. The Hall–Kier alpha value is -3.87. The summed E-state index contributed by atoms with van der Waals surface area (Å²) >= 11 is 0. The average Bonchev–Trinajstić information content (AvgIpc) is 2.77. The molecule has 0 bridgehead atoms. The first-order valence-electron chi connectivity index (χ1n) is 9.21. The van der Waals surface area contributed by atoms with E-state index < -0.39 is 5.82 Å². The number of carbonyl (C=O) groups is 1. The van der Waals surface area contributed by atoms with Crippen LogP contribution in [0.5, 0.6) is 11.5 Å². The normalized spacial score (nSPS) is 10.4. The molecule has 0 radical (unpaired) electrons. The van der Waals surface area contributed by atoms with Crippen molar-refractivity contribution in [3.63, 3.8) is 0 Å². The van der Waals surface area contributed by atoms with E-state index >= 15 is 0 Å². The molecule has 0 spiro atoms. The van der Waals surface area contributed by atoms with Crippen LogP contribution in [-0.2, 0) is 6.54 Å². The van der Waals surface area contributed by atoms with E-state index in [0.29, 0.717) is 39.4 Å². The Labute approximate surface area is 173 Å². The van der Waals surface area contributed by atoms with Crippen molar-refractivity contribution in [1.82, 2.24) is 5.32 Å². The molecule has 7 heteroatoms. The van der Waals surface area contributed by atoms with Gasteiger partial charge >= 0.3 is 0 Å². The number of amides is 1. The number of nitrogens with one attached hydrogen (secondary N) is 1. The second kappa shape index (κ2) is 9.09. The third-order valence-electron chi connectivity index (χ3n) is 4.65. The second-order valence-corrected chi connectivity index (χ2v) is 6.56. The van der Waals surface area contributed by atoms with Gasteiger partial charge in [-0.1, -0.05) is 18.2 Å². The quantitative estimate of drug-likeness (QED) is 0.411. The zero-order valence-corrected chi connectivity index (χ0v) is 16.7. The minimum Gasteiger partial charge on any atom is -0.497 e. The van der Waals surface area contributed by atoms with Gasteiger partial charge in [-0.05, 0) is 42.5 Å². The van der Waals surface area contributed by atoms with Crippen LogP contribution < -0.4 is 25.9 Å². The van der Waals surface area contributed by atoms with Gasteiger partial charge in [-0.3, -0.25) is 10.2 Å².